The summed E-state index contributed by atoms with van der Waals surface area (Å²) < 4.78 is 18.2. The van der Waals surface area contributed by atoms with E-state index in [0.29, 0.717) is 0 Å². The first-order chi connectivity index (χ1) is 12.6. The minimum Gasteiger partial charge on any atom is -0.394 e. The van der Waals surface area contributed by atoms with E-state index in [1.54, 1.807) is 6.07 Å². The number of nitrogens with zero attached hydrogens (tertiary/aromatic N) is 2. The highest BCUT2D eigenvalue weighted by molar-refractivity contribution is 5.80. The average molecular weight is 354 g/mol. The number of likely N-dealkylation sites (tertiary alicyclic amines) is 1. The largest absolute Gasteiger partial charge is 0.394 e. The van der Waals surface area contributed by atoms with Gasteiger partial charge in [-0.1, -0.05) is 36.4 Å². The molecule has 0 radical (unpaired) electrons. The number of amides is 1. The van der Waals surface area contributed by atoms with Crippen LogP contribution in [0.5, 0.6) is 0 Å². The predicted octanol–water partition coefficient (Wildman–Crippen LogP) is 2.32. The van der Waals surface area contributed by atoms with Crippen LogP contribution < -0.4 is 0 Å². The van der Waals surface area contributed by atoms with Gasteiger partial charge in [0.1, 0.15) is 18.5 Å². The molecule has 134 valence electrons. The minimum atomic E-state index is -0.644. The maximum atomic E-state index is 13.4. The van der Waals surface area contributed by atoms with E-state index >= 15 is 0 Å². The zero-order chi connectivity index (χ0) is 18.7. The summed E-state index contributed by atoms with van der Waals surface area (Å²) in [4.78, 5) is 13.5. The van der Waals surface area contributed by atoms with Gasteiger partial charge in [0.15, 0.2) is 0 Å². The number of halogens is 1. The Hall–Kier alpha value is -2.75. The van der Waals surface area contributed by atoms with E-state index in [1.165, 1.54) is 24.1 Å². The molecule has 0 aromatic heterocycles. The molecule has 0 spiro atoms. The van der Waals surface area contributed by atoms with E-state index < -0.39 is 12.1 Å². The van der Waals surface area contributed by atoms with Gasteiger partial charge in [0, 0.05) is 13.0 Å². The zero-order valence-corrected chi connectivity index (χ0v) is 14.3. The van der Waals surface area contributed by atoms with E-state index in [9.17, 15) is 19.6 Å². The molecule has 0 aliphatic carbocycles. The Bertz CT molecular complexity index is 832. The van der Waals surface area contributed by atoms with Crippen LogP contribution in [0.15, 0.2) is 48.5 Å². The maximum absolute atomic E-state index is 13.4. The van der Waals surface area contributed by atoms with Crippen molar-refractivity contribution in [3.63, 3.8) is 0 Å². The lowest BCUT2D eigenvalue weighted by molar-refractivity contribution is -0.150. The van der Waals surface area contributed by atoms with Crippen molar-refractivity contribution < 1.29 is 19.0 Å². The van der Waals surface area contributed by atoms with Gasteiger partial charge in [0.25, 0.3) is 0 Å². The second-order valence-electron chi connectivity index (χ2n) is 6.22. The van der Waals surface area contributed by atoms with Crippen LogP contribution in [-0.2, 0) is 9.53 Å². The second-order valence-corrected chi connectivity index (χ2v) is 6.22. The summed E-state index contributed by atoms with van der Waals surface area (Å²) >= 11 is 0. The van der Waals surface area contributed by atoms with Crippen molar-refractivity contribution in [2.45, 2.75) is 18.0 Å². The van der Waals surface area contributed by atoms with Gasteiger partial charge in [0.05, 0.1) is 18.7 Å². The Kier molecular flexibility index (Phi) is 5.31. The number of methoxy groups -OCH3 is 1. The molecule has 5 nitrogen and oxygen atoms in total. The van der Waals surface area contributed by atoms with Crippen LogP contribution >= 0.6 is 0 Å². The smallest absolute Gasteiger partial charge is 0.249 e. The number of benzene rings is 2. The maximum Gasteiger partial charge on any atom is 0.249 e. The number of hydrogen-bond donors (Lipinski definition) is 1. The first-order valence-corrected chi connectivity index (χ1v) is 8.27. The van der Waals surface area contributed by atoms with Gasteiger partial charge in [-0.3, -0.25) is 4.79 Å². The van der Waals surface area contributed by atoms with Crippen molar-refractivity contribution in [3.05, 3.63) is 59.9 Å². The Morgan fingerprint density at radius 2 is 2.00 bits per heavy atom. The number of carbonyl (C=O) groups excluding carboxylic acids is 1. The lowest BCUT2D eigenvalue weighted by Gasteiger charge is -2.51. The summed E-state index contributed by atoms with van der Waals surface area (Å²) in [7, 11) is 1.41. The van der Waals surface area contributed by atoms with E-state index in [2.05, 4.69) is 6.07 Å². The highest BCUT2D eigenvalue weighted by Gasteiger charge is 2.51. The molecule has 1 N–H and O–H groups in total. The molecular weight excluding hydrogens is 335 g/mol. The molecule has 2 aromatic rings. The Morgan fingerprint density at radius 3 is 2.58 bits per heavy atom. The third-order valence-corrected chi connectivity index (χ3v) is 4.74. The van der Waals surface area contributed by atoms with Crippen molar-refractivity contribution in [2.24, 2.45) is 0 Å². The molecule has 1 aliphatic heterocycles. The highest BCUT2D eigenvalue weighted by Crippen LogP contribution is 2.40. The third kappa shape index (κ3) is 3.19. The van der Waals surface area contributed by atoms with E-state index in [4.69, 9.17) is 4.74 Å². The fourth-order valence-electron chi connectivity index (χ4n) is 3.51. The van der Waals surface area contributed by atoms with Crippen LogP contribution in [0.2, 0.25) is 0 Å². The fraction of sp³-hybridized carbons (Fsp3) is 0.300. The van der Waals surface area contributed by atoms with Gasteiger partial charge in [-0.05, 0) is 28.8 Å². The zero-order valence-electron chi connectivity index (χ0n) is 14.3. The molecule has 1 amide bonds. The summed E-state index contributed by atoms with van der Waals surface area (Å²) in [5, 5.41) is 19.2. The number of aliphatic hydroxyl groups is 1. The molecule has 0 bridgehead atoms. The molecular formula is C20H19FN2O3. The van der Waals surface area contributed by atoms with Crippen LogP contribution in [-0.4, -0.2) is 48.3 Å². The summed E-state index contributed by atoms with van der Waals surface area (Å²) in [6.45, 7) is -0.357. The average Bonchev–Trinajstić information content (AvgIpc) is 2.62. The highest BCUT2D eigenvalue weighted by atomic mass is 19.1. The van der Waals surface area contributed by atoms with Gasteiger partial charge >= 0.3 is 0 Å². The van der Waals surface area contributed by atoms with Crippen LogP contribution in [0, 0.1) is 17.1 Å². The lowest BCUT2D eigenvalue weighted by atomic mass is 9.75. The van der Waals surface area contributed by atoms with Crippen LogP contribution in [0.25, 0.3) is 11.1 Å². The molecule has 3 rings (SSSR count). The SMILES string of the molecule is COCC(=O)N1[C@H](C#N)[C@H](c2ccc(-c3cccc(F)c3)cc2)[C@H]1CO. The molecule has 1 aliphatic rings. The minimum absolute atomic E-state index is 0.125. The van der Waals surface area contributed by atoms with E-state index in [-0.39, 0.29) is 30.9 Å². The topological polar surface area (TPSA) is 73.6 Å². The number of ether oxygens (including phenoxy) is 1. The van der Waals surface area contributed by atoms with Gasteiger partial charge in [0.2, 0.25) is 5.91 Å². The van der Waals surface area contributed by atoms with Crippen molar-refractivity contribution in [2.75, 3.05) is 20.3 Å². The number of carbonyl (C=O) groups is 1. The van der Waals surface area contributed by atoms with E-state index in [1.807, 2.05) is 30.3 Å². The first kappa shape index (κ1) is 18.1. The fourth-order valence-corrected chi connectivity index (χ4v) is 3.51. The molecule has 3 atom stereocenters. The van der Waals surface area contributed by atoms with Gasteiger partial charge in [-0.2, -0.15) is 5.26 Å². The van der Waals surface area contributed by atoms with Crippen LogP contribution in [0.4, 0.5) is 4.39 Å². The van der Waals surface area contributed by atoms with Crippen molar-refractivity contribution in [3.8, 4) is 17.2 Å². The molecule has 2 aromatic carbocycles. The number of rotatable bonds is 5. The quantitative estimate of drug-likeness (QED) is 0.894. The van der Waals surface area contributed by atoms with E-state index in [0.717, 1.165) is 16.7 Å². The lowest BCUT2D eigenvalue weighted by Crippen LogP contribution is -2.65. The molecule has 1 heterocycles. The number of hydrogen-bond acceptors (Lipinski definition) is 4. The van der Waals surface area contributed by atoms with Crippen molar-refractivity contribution >= 4 is 5.91 Å². The van der Waals surface area contributed by atoms with Crippen molar-refractivity contribution in [1.29, 1.82) is 5.26 Å². The van der Waals surface area contributed by atoms with Crippen molar-refractivity contribution in [1.82, 2.24) is 4.90 Å². The Balaban J connectivity index is 1.84. The molecule has 1 saturated heterocycles. The summed E-state index contributed by atoms with van der Waals surface area (Å²) in [6, 6.07) is 14.8. The van der Waals surface area contributed by atoms with Gasteiger partial charge in [-0.25, -0.2) is 4.39 Å². The summed E-state index contributed by atoms with van der Waals surface area (Å²) in [6.07, 6.45) is 0. The predicted molar refractivity (Wildman–Crippen MR) is 93.6 cm³/mol. The van der Waals surface area contributed by atoms with Crippen LogP contribution in [0.1, 0.15) is 11.5 Å². The summed E-state index contributed by atoms with van der Waals surface area (Å²) in [5.41, 5.74) is 2.48. The molecule has 6 heteroatoms. The Morgan fingerprint density at radius 1 is 1.27 bits per heavy atom. The molecule has 26 heavy (non-hydrogen) atoms. The monoisotopic (exact) mass is 354 g/mol. The first-order valence-electron chi connectivity index (χ1n) is 8.27. The second kappa shape index (κ2) is 7.65. The Labute approximate surface area is 151 Å². The van der Waals surface area contributed by atoms with Gasteiger partial charge in [-0.15, -0.1) is 0 Å². The normalized spacial score (nSPS) is 21.8. The molecule has 0 unspecified atom stereocenters. The number of nitriles is 1. The third-order valence-electron chi connectivity index (χ3n) is 4.74. The van der Waals surface area contributed by atoms with Crippen LogP contribution in [0.3, 0.4) is 0 Å². The summed E-state index contributed by atoms with van der Waals surface area (Å²) in [5.74, 6) is -0.888. The number of aliphatic hydroxyl groups excluding tert-OH is 1. The van der Waals surface area contributed by atoms with Gasteiger partial charge < -0.3 is 14.7 Å². The standard InChI is InChI=1S/C20H19FN2O3/c1-26-12-19(25)23-17(10-22)20(18(23)11-24)14-7-5-13(6-8-14)15-3-2-4-16(21)9-15/h2-9,17-18,20,24H,11-12H2,1H3/t17-,18-,20+/m1/s1. The molecule has 0 saturated carbocycles. The molecule has 1 fully saturated rings.